The number of hydrogen-bond donors (Lipinski definition) is 3. The van der Waals surface area contributed by atoms with Crippen LogP contribution in [0.15, 0.2) is 52.5 Å². The highest BCUT2D eigenvalue weighted by molar-refractivity contribution is 7.10. The highest BCUT2D eigenvalue weighted by atomic mass is 32.1. The van der Waals surface area contributed by atoms with Crippen molar-refractivity contribution in [2.45, 2.75) is 13.0 Å². The minimum atomic E-state index is -0.610. The number of rotatable bonds is 7. The minimum absolute atomic E-state index is 0.0387. The highest BCUT2D eigenvalue weighted by Gasteiger charge is 2.17. The second-order valence-electron chi connectivity index (χ2n) is 6.87. The van der Waals surface area contributed by atoms with Gasteiger partial charge in [-0.05, 0) is 56.7 Å². The zero-order chi connectivity index (χ0) is 21.7. The Morgan fingerprint density at radius 2 is 2.00 bits per heavy atom. The Labute approximate surface area is 177 Å². The van der Waals surface area contributed by atoms with Crippen LogP contribution in [-0.2, 0) is 0 Å². The van der Waals surface area contributed by atoms with E-state index in [9.17, 15) is 14.0 Å². The number of benzene rings is 1. The molecule has 1 atom stereocenters. The molecule has 0 saturated carbocycles. The number of urea groups is 1. The Morgan fingerprint density at radius 3 is 2.63 bits per heavy atom. The van der Waals surface area contributed by atoms with E-state index in [4.69, 9.17) is 4.42 Å². The van der Waals surface area contributed by atoms with E-state index in [-0.39, 0.29) is 11.7 Å². The van der Waals surface area contributed by atoms with Gasteiger partial charge in [0.2, 0.25) is 0 Å². The lowest BCUT2D eigenvalue weighted by molar-refractivity contribution is 0.102. The van der Waals surface area contributed by atoms with E-state index < -0.39 is 17.8 Å². The van der Waals surface area contributed by atoms with Gasteiger partial charge in [-0.15, -0.1) is 11.3 Å². The standard InChI is InChI=1S/C21H23FN4O3S/c1-13-15(8-9-29-13)20(27)25-17-11-14(6-7-16(17)22)24-21(28)23-12-18(26(2)3)19-5-4-10-30-19/h4-11,18H,12H2,1-3H3,(H,25,27)(H2,23,24,28)/t18-/m1/s1. The number of thiophene rings is 1. The van der Waals surface area contributed by atoms with E-state index in [1.807, 2.05) is 36.5 Å². The molecule has 0 radical (unpaired) electrons. The summed E-state index contributed by atoms with van der Waals surface area (Å²) < 4.78 is 19.2. The molecule has 1 aromatic carbocycles. The van der Waals surface area contributed by atoms with Gasteiger partial charge in [-0.3, -0.25) is 4.79 Å². The van der Waals surface area contributed by atoms with Crippen LogP contribution in [0.1, 0.15) is 27.0 Å². The molecule has 2 heterocycles. The van der Waals surface area contributed by atoms with E-state index in [0.717, 1.165) is 4.88 Å². The van der Waals surface area contributed by atoms with Crippen molar-refractivity contribution in [1.29, 1.82) is 0 Å². The molecule has 0 bridgehead atoms. The number of hydrogen-bond acceptors (Lipinski definition) is 5. The summed E-state index contributed by atoms with van der Waals surface area (Å²) in [7, 11) is 3.89. The second-order valence-corrected chi connectivity index (χ2v) is 7.85. The van der Waals surface area contributed by atoms with Crippen LogP contribution in [0.2, 0.25) is 0 Å². The maximum atomic E-state index is 14.1. The van der Waals surface area contributed by atoms with Crippen molar-refractivity contribution in [2.24, 2.45) is 0 Å². The minimum Gasteiger partial charge on any atom is -0.469 e. The first kappa shape index (κ1) is 21.5. The quantitative estimate of drug-likeness (QED) is 0.516. The SMILES string of the molecule is Cc1occc1C(=O)Nc1cc(NC(=O)NC[C@H](c2cccs2)N(C)C)ccc1F. The van der Waals surface area contributed by atoms with Crippen molar-refractivity contribution in [3.05, 3.63) is 70.1 Å². The first-order valence-corrected chi connectivity index (χ1v) is 10.1. The van der Waals surface area contributed by atoms with Gasteiger partial charge in [-0.2, -0.15) is 0 Å². The Bertz CT molecular complexity index is 1020. The van der Waals surface area contributed by atoms with Gasteiger partial charge in [0.15, 0.2) is 0 Å². The van der Waals surface area contributed by atoms with Crippen molar-refractivity contribution in [1.82, 2.24) is 10.2 Å². The molecule has 0 saturated heterocycles. The summed E-state index contributed by atoms with van der Waals surface area (Å²) in [5, 5.41) is 9.99. The van der Waals surface area contributed by atoms with Crippen molar-refractivity contribution in [3.63, 3.8) is 0 Å². The van der Waals surface area contributed by atoms with Crippen LogP contribution in [0.5, 0.6) is 0 Å². The molecule has 0 unspecified atom stereocenters. The molecule has 158 valence electrons. The molecule has 3 amide bonds. The third-order valence-electron chi connectivity index (χ3n) is 4.53. The topological polar surface area (TPSA) is 86.6 Å². The Kier molecular flexibility index (Phi) is 6.86. The fourth-order valence-corrected chi connectivity index (χ4v) is 3.81. The average Bonchev–Trinajstić information content (AvgIpc) is 3.36. The van der Waals surface area contributed by atoms with Gasteiger partial charge in [0.05, 0.1) is 23.6 Å². The summed E-state index contributed by atoms with van der Waals surface area (Å²) in [6.07, 6.45) is 1.39. The van der Waals surface area contributed by atoms with E-state index in [1.54, 1.807) is 18.3 Å². The molecule has 0 aliphatic carbocycles. The summed E-state index contributed by atoms with van der Waals surface area (Å²) in [5.74, 6) is -0.671. The number of nitrogens with one attached hydrogen (secondary N) is 3. The van der Waals surface area contributed by atoms with Gasteiger partial charge in [0.1, 0.15) is 11.6 Å². The predicted molar refractivity (Wildman–Crippen MR) is 116 cm³/mol. The lowest BCUT2D eigenvalue weighted by Gasteiger charge is -2.23. The largest absolute Gasteiger partial charge is 0.469 e. The molecule has 3 rings (SSSR count). The summed E-state index contributed by atoms with van der Waals surface area (Å²) >= 11 is 1.62. The number of amides is 3. The third kappa shape index (κ3) is 5.25. The molecule has 0 aliphatic heterocycles. The Morgan fingerprint density at radius 1 is 1.20 bits per heavy atom. The number of nitrogens with zero attached hydrogens (tertiary/aromatic N) is 1. The monoisotopic (exact) mass is 430 g/mol. The molecule has 0 aliphatic rings. The molecular weight excluding hydrogens is 407 g/mol. The number of furan rings is 1. The fraction of sp³-hybridized carbons (Fsp3) is 0.238. The number of likely N-dealkylation sites (N-methyl/N-ethyl adjacent to an activating group) is 1. The fourth-order valence-electron chi connectivity index (χ4n) is 2.89. The molecule has 3 N–H and O–H groups in total. The van der Waals surface area contributed by atoms with Gasteiger partial charge >= 0.3 is 6.03 Å². The van der Waals surface area contributed by atoms with E-state index in [1.165, 1.54) is 30.5 Å². The Hall–Kier alpha value is -3.17. The lowest BCUT2D eigenvalue weighted by atomic mass is 10.2. The van der Waals surface area contributed by atoms with Crippen molar-refractivity contribution in [2.75, 3.05) is 31.3 Å². The summed E-state index contributed by atoms with van der Waals surface area (Å²) in [5.41, 5.74) is 0.627. The zero-order valence-electron chi connectivity index (χ0n) is 16.9. The number of carbonyl (C=O) groups is 2. The number of anilines is 2. The normalized spacial score (nSPS) is 11.9. The van der Waals surface area contributed by atoms with Crippen LogP contribution in [-0.4, -0.2) is 37.5 Å². The zero-order valence-corrected chi connectivity index (χ0v) is 17.7. The molecule has 9 heteroatoms. The number of carbonyl (C=O) groups excluding carboxylic acids is 2. The summed E-state index contributed by atoms with van der Waals surface area (Å²) in [4.78, 5) is 27.8. The van der Waals surface area contributed by atoms with E-state index >= 15 is 0 Å². The summed E-state index contributed by atoms with van der Waals surface area (Å²) in [6, 6.07) is 9.09. The molecule has 0 spiro atoms. The average molecular weight is 431 g/mol. The number of aryl methyl sites for hydroxylation is 1. The lowest BCUT2D eigenvalue weighted by Crippen LogP contribution is -2.36. The Balaban J connectivity index is 1.62. The first-order valence-electron chi connectivity index (χ1n) is 9.25. The molecule has 7 nitrogen and oxygen atoms in total. The van der Waals surface area contributed by atoms with Crippen LogP contribution in [0.3, 0.4) is 0 Å². The van der Waals surface area contributed by atoms with Crippen molar-refractivity contribution >= 4 is 34.6 Å². The van der Waals surface area contributed by atoms with E-state index in [0.29, 0.717) is 23.6 Å². The number of halogens is 1. The van der Waals surface area contributed by atoms with Gasteiger partial charge in [0.25, 0.3) is 5.91 Å². The van der Waals surface area contributed by atoms with E-state index in [2.05, 4.69) is 16.0 Å². The van der Waals surface area contributed by atoms with Crippen LogP contribution in [0, 0.1) is 12.7 Å². The van der Waals surface area contributed by atoms with Crippen LogP contribution in [0.4, 0.5) is 20.6 Å². The van der Waals surface area contributed by atoms with Crippen LogP contribution >= 0.6 is 11.3 Å². The first-order chi connectivity index (χ1) is 14.3. The van der Waals surface area contributed by atoms with Gasteiger partial charge in [-0.1, -0.05) is 6.07 Å². The highest BCUT2D eigenvalue weighted by Crippen LogP contribution is 2.23. The molecule has 2 aromatic heterocycles. The van der Waals surface area contributed by atoms with Gasteiger partial charge in [0, 0.05) is 17.1 Å². The maximum Gasteiger partial charge on any atom is 0.319 e. The third-order valence-corrected chi connectivity index (χ3v) is 5.50. The molecule has 0 fully saturated rings. The second kappa shape index (κ2) is 9.55. The maximum absolute atomic E-state index is 14.1. The van der Waals surface area contributed by atoms with Crippen molar-refractivity contribution in [3.8, 4) is 0 Å². The predicted octanol–water partition coefficient (Wildman–Crippen LogP) is 4.47. The van der Waals surface area contributed by atoms with Gasteiger partial charge < -0.3 is 25.3 Å². The van der Waals surface area contributed by atoms with Crippen molar-refractivity contribution < 1.29 is 18.4 Å². The summed E-state index contributed by atoms with van der Waals surface area (Å²) in [6.45, 7) is 2.05. The smallest absolute Gasteiger partial charge is 0.319 e. The van der Waals surface area contributed by atoms with Gasteiger partial charge in [-0.25, -0.2) is 9.18 Å². The molecule has 3 aromatic rings. The molecular formula is C21H23FN4O3S. The van der Waals surface area contributed by atoms with Crippen LogP contribution < -0.4 is 16.0 Å². The molecule has 30 heavy (non-hydrogen) atoms. The van der Waals surface area contributed by atoms with Crippen LogP contribution in [0.25, 0.3) is 0 Å².